The van der Waals surface area contributed by atoms with E-state index in [9.17, 15) is 0 Å². The fraction of sp³-hybridized carbons (Fsp3) is 0. The Bertz CT molecular complexity index is 661. The van der Waals surface area contributed by atoms with E-state index in [1.807, 2.05) is 18.2 Å². The summed E-state index contributed by atoms with van der Waals surface area (Å²) in [5, 5.41) is 5.40. The van der Waals surface area contributed by atoms with Crippen molar-refractivity contribution >= 4 is 57.3 Å². The quantitative estimate of drug-likeness (QED) is 0.475. The van der Waals surface area contributed by atoms with Crippen LogP contribution in [0, 0.1) is 11.2 Å². The van der Waals surface area contributed by atoms with E-state index in [4.69, 9.17) is 34.8 Å². The predicted molar refractivity (Wildman–Crippen MR) is 82.2 cm³/mol. The Morgan fingerprint density at radius 2 is 1.67 bits per heavy atom. The van der Waals surface area contributed by atoms with Gasteiger partial charge in [-0.2, -0.15) is 0 Å². The van der Waals surface area contributed by atoms with Gasteiger partial charge in [0, 0.05) is 4.90 Å². The smallest absolute Gasteiger partial charge is 0.0717 e. The highest BCUT2D eigenvalue weighted by atomic mass is 35.5. The molecule has 0 aliphatic heterocycles. The average Bonchev–Trinajstić information content (AvgIpc) is 2.38. The van der Waals surface area contributed by atoms with Gasteiger partial charge in [-0.25, -0.2) is 0 Å². The molecule has 90 valence electrons. The van der Waals surface area contributed by atoms with E-state index in [0.717, 1.165) is 4.90 Å². The molecule has 0 spiro atoms. The molecule has 0 N–H and O–H groups in total. The van der Waals surface area contributed by atoms with E-state index in [0.29, 0.717) is 0 Å². The molecule has 0 amide bonds. The second kappa shape index (κ2) is 6.41. The highest BCUT2D eigenvalue weighted by molar-refractivity contribution is 8.04. The minimum absolute atomic E-state index is 0.0109. The molecule has 2 aromatic carbocycles. The molecular formula is C14H7Cl3S. The van der Waals surface area contributed by atoms with Crippen LogP contribution < -0.4 is 0 Å². The molecule has 0 saturated heterocycles. The van der Waals surface area contributed by atoms with Crippen LogP contribution in [0.4, 0.5) is 0 Å². The fourth-order valence-electron chi connectivity index (χ4n) is 1.41. The SMILES string of the molecule is ClC(Cl)=C(Cl)C#CSc1ccc2ccccc2c1. The normalized spacial score (nSPS) is 9.72. The summed E-state index contributed by atoms with van der Waals surface area (Å²) < 4.78 is -0.0109. The highest BCUT2D eigenvalue weighted by Crippen LogP contribution is 2.23. The van der Waals surface area contributed by atoms with Gasteiger partial charge in [-0.05, 0) is 45.8 Å². The molecule has 4 heteroatoms. The van der Waals surface area contributed by atoms with Gasteiger partial charge in [0.25, 0.3) is 0 Å². The summed E-state index contributed by atoms with van der Waals surface area (Å²) >= 11 is 18.1. The third-order valence-corrected chi connectivity index (χ3v) is 3.77. The number of allylic oxidation sites excluding steroid dienone is 1. The maximum atomic E-state index is 5.71. The Hall–Kier alpha value is -0.780. The van der Waals surface area contributed by atoms with Gasteiger partial charge < -0.3 is 0 Å². The summed E-state index contributed by atoms with van der Waals surface area (Å²) in [6.07, 6.45) is 0. The molecule has 0 aliphatic rings. The van der Waals surface area contributed by atoms with Crippen molar-refractivity contribution in [2.24, 2.45) is 0 Å². The van der Waals surface area contributed by atoms with Gasteiger partial charge in [-0.15, -0.1) is 0 Å². The summed E-state index contributed by atoms with van der Waals surface area (Å²) in [5.74, 6) is 2.67. The van der Waals surface area contributed by atoms with Crippen LogP contribution in [0.25, 0.3) is 10.8 Å². The molecule has 0 aliphatic carbocycles. The molecule has 18 heavy (non-hydrogen) atoms. The molecule has 0 aromatic heterocycles. The highest BCUT2D eigenvalue weighted by Gasteiger charge is 1.96. The summed E-state index contributed by atoms with van der Waals surface area (Å²) in [6, 6.07) is 14.3. The predicted octanol–water partition coefficient (Wildman–Crippen LogP) is 5.78. The standard InChI is InChI=1S/C14H7Cl3S/c15-13(14(16)17)7-8-18-12-6-5-10-3-1-2-4-11(10)9-12/h1-6,9H. The third kappa shape index (κ3) is 3.60. The Morgan fingerprint density at radius 3 is 2.39 bits per heavy atom. The lowest BCUT2D eigenvalue weighted by Gasteiger charge is -1.98. The van der Waals surface area contributed by atoms with E-state index < -0.39 is 0 Å². The van der Waals surface area contributed by atoms with Gasteiger partial charge in [0.05, 0.1) is 0 Å². The maximum absolute atomic E-state index is 5.71. The molecule has 0 heterocycles. The molecule has 0 nitrogen and oxygen atoms in total. The zero-order valence-electron chi connectivity index (χ0n) is 9.08. The van der Waals surface area contributed by atoms with Crippen LogP contribution in [-0.2, 0) is 0 Å². The van der Waals surface area contributed by atoms with Crippen molar-refractivity contribution in [3.63, 3.8) is 0 Å². The molecule has 0 radical (unpaired) electrons. The van der Waals surface area contributed by atoms with E-state index >= 15 is 0 Å². The Kier molecular flexibility index (Phi) is 4.86. The summed E-state index contributed by atoms with van der Waals surface area (Å²) in [4.78, 5) is 1.05. The molecule has 0 fully saturated rings. The van der Waals surface area contributed by atoms with Crippen LogP contribution in [0.3, 0.4) is 0 Å². The number of rotatable bonds is 1. The Balaban J connectivity index is 2.20. The number of benzene rings is 2. The second-order valence-corrected chi connectivity index (χ2v) is 5.62. The molecular weight excluding hydrogens is 307 g/mol. The number of hydrogen-bond acceptors (Lipinski definition) is 1. The summed E-state index contributed by atoms with van der Waals surface area (Å²) in [6.45, 7) is 0. The first-order chi connectivity index (χ1) is 8.66. The number of thioether (sulfide) groups is 1. The topological polar surface area (TPSA) is 0 Å². The van der Waals surface area contributed by atoms with E-state index in [2.05, 4.69) is 35.4 Å². The van der Waals surface area contributed by atoms with Gasteiger partial charge in [-0.1, -0.05) is 65.1 Å². The minimum atomic E-state index is -0.0109. The van der Waals surface area contributed by atoms with Gasteiger partial charge in [0.15, 0.2) is 0 Å². The van der Waals surface area contributed by atoms with E-state index in [-0.39, 0.29) is 9.52 Å². The Labute approximate surface area is 125 Å². The van der Waals surface area contributed by atoms with Crippen LogP contribution in [0.1, 0.15) is 0 Å². The van der Waals surface area contributed by atoms with Gasteiger partial charge in [0.1, 0.15) is 9.52 Å². The molecule has 0 unspecified atom stereocenters. The van der Waals surface area contributed by atoms with Crippen molar-refractivity contribution in [1.82, 2.24) is 0 Å². The van der Waals surface area contributed by atoms with Crippen LogP contribution in [-0.4, -0.2) is 0 Å². The first-order valence-corrected chi connectivity index (χ1v) is 6.99. The zero-order chi connectivity index (χ0) is 13.0. The first kappa shape index (κ1) is 13.6. The average molecular weight is 314 g/mol. The lowest BCUT2D eigenvalue weighted by atomic mass is 10.1. The van der Waals surface area contributed by atoms with Gasteiger partial charge in [-0.3, -0.25) is 0 Å². The van der Waals surface area contributed by atoms with Crippen LogP contribution in [0.15, 0.2) is 56.9 Å². The molecule has 0 bridgehead atoms. The van der Waals surface area contributed by atoms with Crippen molar-refractivity contribution < 1.29 is 0 Å². The van der Waals surface area contributed by atoms with E-state index in [1.165, 1.54) is 22.5 Å². The van der Waals surface area contributed by atoms with Crippen molar-refractivity contribution in [3.05, 3.63) is 52.0 Å². The van der Waals surface area contributed by atoms with E-state index in [1.54, 1.807) is 0 Å². The summed E-state index contributed by atoms with van der Waals surface area (Å²) in [5.41, 5.74) is 0. The number of halogens is 3. The molecule has 2 rings (SSSR count). The largest absolute Gasteiger partial charge is 0.133 e. The Morgan fingerprint density at radius 1 is 0.944 bits per heavy atom. The first-order valence-electron chi connectivity index (χ1n) is 5.04. The van der Waals surface area contributed by atoms with Gasteiger partial charge >= 0.3 is 0 Å². The third-order valence-electron chi connectivity index (χ3n) is 2.22. The van der Waals surface area contributed by atoms with Crippen molar-refractivity contribution in [3.8, 4) is 11.2 Å². The fourth-order valence-corrected chi connectivity index (χ4v) is 2.20. The minimum Gasteiger partial charge on any atom is -0.0717 e. The summed E-state index contributed by atoms with van der Waals surface area (Å²) in [7, 11) is 0. The van der Waals surface area contributed by atoms with Crippen LogP contribution in [0.2, 0.25) is 0 Å². The number of hydrogen-bond donors (Lipinski definition) is 0. The van der Waals surface area contributed by atoms with Crippen LogP contribution in [0.5, 0.6) is 0 Å². The maximum Gasteiger partial charge on any atom is 0.133 e. The lowest BCUT2D eigenvalue weighted by Crippen LogP contribution is -1.73. The van der Waals surface area contributed by atoms with Crippen molar-refractivity contribution in [1.29, 1.82) is 0 Å². The lowest BCUT2D eigenvalue weighted by molar-refractivity contribution is 1.52. The zero-order valence-corrected chi connectivity index (χ0v) is 12.2. The molecule has 0 atom stereocenters. The van der Waals surface area contributed by atoms with Crippen molar-refractivity contribution in [2.45, 2.75) is 4.90 Å². The van der Waals surface area contributed by atoms with Gasteiger partial charge in [0.2, 0.25) is 0 Å². The van der Waals surface area contributed by atoms with Crippen LogP contribution >= 0.6 is 46.6 Å². The monoisotopic (exact) mass is 312 g/mol. The number of fused-ring (bicyclic) bond motifs is 1. The second-order valence-electron chi connectivity index (χ2n) is 3.41. The molecule has 0 saturated carbocycles. The van der Waals surface area contributed by atoms with Crippen molar-refractivity contribution in [2.75, 3.05) is 0 Å². The molecule has 2 aromatic rings.